The third-order valence-corrected chi connectivity index (χ3v) is 0.270. The first kappa shape index (κ1) is 4.76. The molecule has 0 fully saturated rings. The first-order valence-electron chi connectivity index (χ1n) is 1.52. The maximum absolute atomic E-state index is 8.04. The van der Waals surface area contributed by atoms with Crippen molar-refractivity contribution in [2.24, 2.45) is 0 Å². The third kappa shape index (κ3) is 3.76. The van der Waals surface area contributed by atoms with Crippen molar-refractivity contribution in [2.45, 2.75) is 6.92 Å². The van der Waals surface area contributed by atoms with Gasteiger partial charge in [0.05, 0.1) is 0 Å². The van der Waals surface area contributed by atoms with E-state index in [2.05, 4.69) is 6.58 Å². The highest BCUT2D eigenvalue weighted by Gasteiger charge is 1.75. The van der Waals surface area contributed by atoms with Crippen molar-refractivity contribution in [1.82, 2.24) is 0 Å². The van der Waals surface area contributed by atoms with Gasteiger partial charge in [0, 0.05) is 0 Å². The van der Waals surface area contributed by atoms with Crippen LogP contribution in [0.3, 0.4) is 0 Å². The molecule has 0 radical (unpaired) electrons. The van der Waals surface area contributed by atoms with E-state index in [1.165, 1.54) is 0 Å². The lowest BCUT2D eigenvalue weighted by atomic mass is 9.92. The summed E-state index contributed by atoms with van der Waals surface area (Å²) in [5.41, 5.74) is 0.810. The van der Waals surface area contributed by atoms with Gasteiger partial charge < -0.3 is 5.02 Å². The van der Waals surface area contributed by atoms with Gasteiger partial charge in [-0.1, -0.05) is 12.4 Å². The fraction of sp³-hybridized carbons (Fsp3) is 0.333. The Morgan fingerprint density at radius 2 is 2.20 bits per heavy atom. The molecule has 0 heterocycles. The molecule has 0 saturated heterocycles. The number of hydrogen-bond donors (Lipinski definition) is 1. The predicted molar refractivity (Wildman–Crippen MR) is 24.2 cm³/mol. The fourth-order valence-corrected chi connectivity index (χ4v) is 0. The van der Waals surface area contributed by atoms with Crippen molar-refractivity contribution in [3.8, 4) is 0 Å². The van der Waals surface area contributed by atoms with Crippen LogP contribution in [0.5, 0.6) is 0 Å². The topological polar surface area (TPSA) is 20.2 Å². The summed E-state index contributed by atoms with van der Waals surface area (Å²) in [6.07, 6.45) is 0. The monoisotopic (exact) mass is 70.1 g/mol. The van der Waals surface area contributed by atoms with Gasteiger partial charge in [-0.3, -0.25) is 0 Å². The van der Waals surface area contributed by atoms with E-state index in [1.54, 1.807) is 6.92 Å². The predicted octanol–water partition coefficient (Wildman–Crippen LogP) is -0.136. The Morgan fingerprint density at radius 3 is 2.20 bits per heavy atom. The lowest BCUT2D eigenvalue weighted by Crippen LogP contribution is -1.84. The van der Waals surface area contributed by atoms with Crippen LogP contribution in [0.15, 0.2) is 12.1 Å². The first-order chi connectivity index (χ1) is 2.27. The molecule has 0 amide bonds. The quantitative estimate of drug-likeness (QED) is 0.426. The molecule has 1 N–H and O–H groups in total. The number of allylic oxidation sites excluding steroid dienone is 1. The molecule has 0 spiro atoms. The molecule has 5 heavy (non-hydrogen) atoms. The summed E-state index contributed by atoms with van der Waals surface area (Å²) >= 11 is 0. The molecule has 0 bridgehead atoms. The van der Waals surface area contributed by atoms with Crippen LogP contribution in [0.2, 0.25) is 0 Å². The van der Waals surface area contributed by atoms with Gasteiger partial charge in [0.1, 0.15) is 0 Å². The van der Waals surface area contributed by atoms with Gasteiger partial charge in [-0.05, 0) is 0 Å². The normalized spacial score (nSPS) is 6.80. The summed E-state index contributed by atoms with van der Waals surface area (Å²) in [5, 5.41) is 8.04. The second kappa shape index (κ2) is 2.03. The molecule has 0 aliphatic rings. The molecule has 0 aromatic carbocycles. The van der Waals surface area contributed by atoms with Gasteiger partial charge in [0.2, 0.25) is 0 Å². The summed E-state index contributed by atoms with van der Waals surface area (Å²) < 4.78 is 0. The van der Waals surface area contributed by atoms with E-state index in [-0.39, 0.29) is 7.48 Å². The molecule has 0 aromatic heterocycles. The second-order valence-corrected chi connectivity index (χ2v) is 1.12. The van der Waals surface area contributed by atoms with Crippen molar-refractivity contribution in [3.63, 3.8) is 0 Å². The minimum Gasteiger partial charge on any atom is -0.449 e. The first-order valence-corrected chi connectivity index (χ1v) is 1.52. The minimum atomic E-state index is 0.111. The summed E-state index contributed by atoms with van der Waals surface area (Å²) in [5.74, 6) is 0. The Bertz CT molecular complexity index is 42.2. The van der Waals surface area contributed by atoms with Crippen LogP contribution in [-0.4, -0.2) is 12.5 Å². The average molecular weight is 69.9 g/mol. The smallest absolute Gasteiger partial charge is 0.299 e. The van der Waals surface area contributed by atoms with Gasteiger partial charge in [0.25, 0.3) is 7.48 Å². The molecular formula is C3H7BO. The summed E-state index contributed by atoms with van der Waals surface area (Å²) in [6.45, 7) is 5.20. The van der Waals surface area contributed by atoms with Crippen LogP contribution in [0.4, 0.5) is 0 Å². The Kier molecular flexibility index (Phi) is 1.94. The highest BCUT2D eigenvalue weighted by atomic mass is 16.2. The van der Waals surface area contributed by atoms with Crippen molar-refractivity contribution in [3.05, 3.63) is 12.1 Å². The van der Waals surface area contributed by atoms with Gasteiger partial charge >= 0.3 is 0 Å². The molecule has 0 unspecified atom stereocenters. The van der Waals surface area contributed by atoms with Crippen LogP contribution in [0.25, 0.3) is 0 Å². The van der Waals surface area contributed by atoms with Crippen LogP contribution in [-0.2, 0) is 0 Å². The average Bonchev–Trinajstić information content (AvgIpc) is 1.38. The Morgan fingerprint density at radius 1 is 2.00 bits per heavy atom. The van der Waals surface area contributed by atoms with E-state index in [4.69, 9.17) is 5.02 Å². The summed E-state index contributed by atoms with van der Waals surface area (Å²) in [7, 11) is 0.111. The van der Waals surface area contributed by atoms with Gasteiger partial charge in [-0.15, -0.1) is 6.58 Å². The van der Waals surface area contributed by atoms with Crippen molar-refractivity contribution >= 4 is 7.48 Å². The van der Waals surface area contributed by atoms with E-state index in [0.717, 1.165) is 5.47 Å². The molecule has 0 rings (SSSR count). The second-order valence-electron chi connectivity index (χ2n) is 1.12. The largest absolute Gasteiger partial charge is 0.449 e. The third-order valence-electron chi connectivity index (χ3n) is 0.270. The Labute approximate surface area is 32.6 Å². The molecule has 0 aromatic rings. The highest BCUT2D eigenvalue weighted by molar-refractivity contribution is 6.35. The minimum absolute atomic E-state index is 0.111. The van der Waals surface area contributed by atoms with E-state index in [1.807, 2.05) is 0 Å². The SMILES string of the molecule is C=C(C)BO. The molecule has 1 nitrogen and oxygen atoms in total. The molecule has 0 aliphatic carbocycles. The van der Waals surface area contributed by atoms with Gasteiger partial charge in [-0.25, -0.2) is 0 Å². The molecule has 0 saturated carbocycles. The van der Waals surface area contributed by atoms with Crippen LogP contribution in [0.1, 0.15) is 6.92 Å². The zero-order valence-electron chi connectivity index (χ0n) is 3.36. The zero-order valence-corrected chi connectivity index (χ0v) is 3.36. The molecule has 2 heteroatoms. The molecule has 0 aliphatic heterocycles. The van der Waals surface area contributed by atoms with Crippen molar-refractivity contribution in [2.75, 3.05) is 0 Å². The van der Waals surface area contributed by atoms with E-state index in [9.17, 15) is 0 Å². The Balaban J connectivity index is 2.85. The van der Waals surface area contributed by atoms with Crippen LogP contribution >= 0.6 is 0 Å². The standard InChI is InChI=1S/C3H7BO/c1-3(2)4-5/h4-5H,1H2,2H3. The van der Waals surface area contributed by atoms with Crippen molar-refractivity contribution < 1.29 is 5.02 Å². The van der Waals surface area contributed by atoms with Gasteiger partial charge in [0.15, 0.2) is 0 Å². The fourth-order valence-electron chi connectivity index (χ4n) is 0. The number of hydrogen-bond acceptors (Lipinski definition) is 1. The van der Waals surface area contributed by atoms with E-state index >= 15 is 0 Å². The molecule has 0 atom stereocenters. The maximum atomic E-state index is 8.04. The lowest BCUT2D eigenvalue weighted by Gasteiger charge is -1.75. The van der Waals surface area contributed by atoms with E-state index < -0.39 is 0 Å². The summed E-state index contributed by atoms with van der Waals surface area (Å²) in [6, 6.07) is 0. The maximum Gasteiger partial charge on any atom is 0.299 e. The number of rotatable bonds is 1. The van der Waals surface area contributed by atoms with Gasteiger partial charge in [-0.2, -0.15) is 0 Å². The van der Waals surface area contributed by atoms with Crippen molar-refractivity contribution in [1.29, 1.82) is 0 Å². The zero-order chi connectivity index (χ0) is 4.28. The highest BCUT2D eigenvalue weighted by Crippen LogP contribution is 1.73. The van der Waals surface area contributed by atoms with Crippen LogP contribution in [0, 0.1) is 0 Å². The Hall–Kier alpha value is -0.235. The molecule has 28 valence electrons. The lowest BCUT2D eigenvalue weighted by molar-refractivity contribution is 0.611. The molecular weight excluding hydrogens is 62.8 g/mol. The van der Waals surface area contributed by atoms with E-state index in [0.29, 0.717) is 0 Å². The summed E-state index contributed by atoms with van der Waals surface area (Å²) in [4.78, 5) is 0. The van der Waals surface area contributed by atoms with Crippen LogP contribution < -0.4 is 0 Å².